The van der Waals surface area contributed by atoms with Gasteiger partial charge < -0.3 is 4.52 Å². The molecule has 0 spiro atoms. The van der Waals surface area contributed by atoms with Crippen molar-refractivity contribution in [2.45, 2.75) is 32.6 Å². The quantitative estimate of drug-likeness (QED) is 0.762. The molecule has 0 amide bonds. The summed E-state index contributed by atoms with van der Waals surface area (Å²) in [5.74, 6) is 0.812. The maximum Gasteiger partial charge on any atom is 0.268 e. The average molecular weight is 348 g/mol. The van der Waals surface area contributed by atoms with Crippen molar-refractivity contribution in [1.82, 2.24) is 24.9 Å². The fraction of sp³-hybridized carbons (Fsp3) is 0.286. The first-order valence-electron chi connectivity index (χ1n) is 7.09. The number of nitrogens with one attached hydrogen (secondary N) is 1. The second-order valence-electron chi connectivity index (χ2n) is 5.36. The molecule has 3 rings (SSSR count). The van der Waals surface area contributed by atoms with Gasteiger partial charge in [-0.05, 0) is 33.8 Å². The number of hydrogen-bond acceptors (Lipinski definition) is 7. The SMILES string of the molecule is Cc1cc(C)n(-c2cc(NS(=O)(=O)c3c(C)noc3C)ncn2)n1. The van der Waals surface area contributed by atoms with Gasteiger partial charge in [0.25, 0.3) is 10.0 Å². The molecule has 0 aliphatic heterocycles. The van der Waals surface area contributed by atoms with E-state index in [-0.39, 0.29) is 22.2 Å². The van der Waals surface area contributed by atoms with E-state index in [2.05, 4.69) is 24.9 Å². The summed E-state index contributed by atoms with van der Waals surface area (Å²) in [4.78, 5) is 8.11. The molecule has 3 aromatic heterocycles. The van der Waals surface area contributed by atoms with Crippen LogP contribution in [-0.4, -0.2) is 33.3 Å². The summed E-state index contributed by atoms with van der Waals surface area (Å²) in [6.45, 7) is 6.85. The molecule has 9 nitrogen and oxygen atoms in total. The van der Waals surface area contributed by atoms with Crippen LogP contribution in [0.1, 0.15) is 22.8 Å². The maximum absolute atomic E-state index is 12.5. The monoisotopic (exact) mass is 348 g/mol. The Bertz CT molecular complexity index is 986. The third kappa shape index (κ3) is 2.87. The molecular formula is C14H16N6O3S. The third-order valence-corrected chi connectivity index (χ3v) is 4.95. The lowest BCUT2D eigenvalue weighted by Crippen LogP contribution is -2.16. The summed E-state index contributed by atoms with van der Waals surface area (Å²) in [6, 6.07) is 3.41. The van der Waals surface area contributed by atoms with Gasteiger partial charge in [0.15, 0.2) is 16.5 Å². The highest BCUT2D eigenvalue weighted by Crippen LogP contribution is 2.22. The van der Waals surface area contributed by atoms with Gasteiger partial charge in [0.1, 0.15) is 17.8 Å². The second kappa shape index (κ2) is 5.71. The molecule has 1 N–H and O–H groups in total. The van der Waals surface area contributed by atoms with Gasteiger partial charge in [0.2, 0.25) is 0 Å². The number of rotatable bonds is 4. The molecule has 0 aliphatic rings. The number of aryl methyl sites for hydroxylation is 4. The molecule has 3 aromatic rings. The van der Waals surface area contributed by atoms with Crippen LogP contribution in [0, 0.1) is 27.7 Å². The van der Waals surface area contributed by atoms with E-state index >= 15 is 0 Å². The van der Waals surface area contributed by atoms with Crippen molar-refractivity contribution in [3.05, 3.63) is 41.3 Å². The molecule has 0 saturated carbocycles. The minimum Gasteiger partial charge on any atom is -0.360 e. The van der Waals surface area contributed by atoms with E-state index in [0.29, 0.717) is 5.82 Å². The Morgan fingerprint density at radius 3 is 2.46 bits per heavy atom. The fourth-order valence-corrected chi connectivity index (χ4v) is 3.76. The van der Waals surface area contributed by atoms with Crippen molar-refractivity contribution in [2.75, 3.05) is 4.72 Å². The second-order valence-corrected chi connectivity index (χ2v) is 6.98. The van der Waals surface area contributed by atoms with Crippen molar-refractivity contribution >= 4 is 15.8 Å². The van der Waals surface area contributed by atoms with Crippen LogP contribution < -0.4 is 4.72 Å². The zero-order valence-electron chi connectivity index (χ0n) is 13.6. The predicted molar refractivity (Wildman–Crippen MR) is 85.4 cm³/mol. The van der Waals surface area contributed by atoms with Crippen LogP contribution in [0.25, 0.3) is 5.82 Å². The van der Waals surface area contributed by atoms with E-state index in [1.165, 1.54) is 19.3 Å². The van der Waals surface area contributed by atoms with Gasteiger partial charge in [-0.25, -0.2) is 23.1 Å². The molecule has 24 heavy (non-hydrogen) atoms. The van der Waals surface area contributed by atoms with Crippen LogP contribution in [-0.2, 0) is 10.0 Å². The molecular weight excluding hydrogens is 332 g/mol. The van der Waals surface area contributed by atoms with Gasteiger partial charge in [0.05, 0.1) is 5.69 Å². The Morgan fingerprint density at radius 1 is 1.12 bits per heavy atom. The van der Waals surface area contributed by atoms with Gasteiger partial charge in [-0.3, -0.25) is 4.72 Å². The summed E-state index contributed by atoms with van der Waals surface area (Å²) >= 11 is 0. The number of nitrogens with zero attached hydrogens (tertiary/aromatic N) is 5. The number of sulfonamides is 1. The Balaban J connectivity index is 1.97. The van der Waals surface area contributed by atoms with E-state index in [1.54, 1.807) is 11.6 Å². The first kappa shape index (κ1) is 16.1. The van der Waals surface area contributed by atoms with Crippen LogP contribution in [0.2, 0.25) is 0 Å². The zero-order chi connectivity index (χ0) is 17.5. The van der Waals surface area contributed by atoms with Crippen LogP contribution in [0.4, 0.5) is 5.82 Å². The Kier molecular flexibility index (Phi) is 3.84. The molecule has 0 bridgehead atoms. The average Bonchev–Trinajstić information content (AvgIpc) is 3.00. The van der Waals surface area contributed by atoms with Crippen LogP contribution in [0.5, 0.6) is 0 Å². The van der Waals surface area contributed by atoms with Gasteiger partial charge >= 0.3 is 0 Å². The minimum absolute atomic E-state index is 0.00813. The zero-order valence-corrected chi connectivity index (χ0v) is 14.4. The van der Waals surface area contributed by atoms with Crippen molar-refractivity contribution in [1.29, 1.82) is 0 Å². The lowest BCUT2D eigenvalue weighted by Gasteiger charge is -2.08. The van der Waals surface area contributed by atoms with Crippen molar-refractivity contribution in [3.8, 4) is 5.82 Å². The molecule has 3 heterocycles. The molecule has 0 atom stereocenters. The number of anilines is 1. The van der Waals surface area contributed by atoms with Crippen molar-refractivity contribution in [3.63, 3.8) is 0 Å². The first-order valence-corrected chi connectivity index (χ1v) is 8.57. The minimum atomic E-state index is -3.86. The van der Waals surface area contributed by atoms with Gasteiger partial charge in [0, 0.05) is 11.8 Å². The first-order chi connectivity index (χ1) is 11.3. The van der Waals surface area contributed by atoms with E-state index in [4.69, 9.17) is 4.52 Å². The van der Waals surface area contributed by atoms with Gasteiger partial charge in [-0.15, -0.1) is 0 Å². The van der Waals surface area contributed by atoms with E-state index in [0.717, 1.165) is 11.4 Å². The Morgan fingerprint density at radius 2 is 1.88 bits per heavy atom. The number of aromatic nitrogens is 5. The van der Waals surface area contributed by atoms with Crippen molar-refractivity contribution in [2.24, 2.45) is 0 Å². The topological polar surface area (TPSA) is 116 Å². The normalized spacial score (nSPS) is 11.7. The maximum atomic E-state index is 12.5. The van der Waals surface area contributed by atoms with E-state index in [1.807, 2.05) is 19.9 Å². The lowest BCUT2D eigenvalue weighted by atomic mass is 10.4. The summed E-state index contributed by atoms with van der Waals surface area (Å²) in [7, 11) is -3.86. The molecule has 126 valence electrons. The Labute approximate surface area is 138 Å². The summed E-state index contributed by atoms with van der Waals surface area (Å²) < 4.78 is 34.0. The third-order valence-electron chi connectivity index (χ3n) is 3.35. The fourth-order valence-electron chi connectivity index (χ4n) is 2.43. The molecule has 10 heteroatoms. The van der Waals surface area contributed by atoms with E-state index in [9.17, 15) is 8.42 Å². The van der Waals surface area contributed by atoms with Crippen LogP contribution in [0.3, 0.4) is 0 Å². The van der Waals surface area contributed by atoms with Crippen molar-refractivity contribution < 1.29 is 12.9 Å². The standard InChI is InChI=1S/C14H16N6O3S/c1-8-5-9(2)20(17-8)13-6-12(15-7-16-13)19-24(21,22)14-10(3)18-23-11(14)4/h5-7H,1-4H3,(H,15,16,19). The molecule has 0 unspecified atom stereocenters. The molecule has 0 radical (unpaired) electrons. The predicted octanol–water partition coefficient (Wildman–Crippen LogP) is 1.68. The molecule has 0 aromatic carbocycles. The van der Waals surface area contributed by atoms with Crippen LogP contribution in [0.15, 0.2) is 27.9 Å². The molecule has 0 aliphatic carbocycles. The smallest absolute Gasteiger partial charge is 0.268 e. The lowest BCUT2D eigenvalue weighted by molar-refractivity contribution is 0.390. The molecule has 0 saturated heterocycles. The highest BCUT2D eigenvalue weighted by atomic mass is 32.2. The number of hydrogen-bond donors (Lipinski definition) is 1. The summed E-state index contributed by atoms with van der Waals surface area (Å²) in [5.41, 5.74) is 2.00. The summed E-state index contributed by atoms with van der Waals surface area (Å²) in [6.07, 6.45) is 1.27. The van der Waals surface area contributed by atoms with E-state index < -0.39 is 10.0 Å². The van der Waals surface area contributed by atoms with Gasteiger partial charge in [-0.2, -0.15) is 5.10 Å². The summed E-state index contributed by atoms with van der Waals surface area (Å²) in [5, 5.41) is 7.98. The highest BCUT2D eigenvalue weighted by Gasteiger charge is 2.25. The van der Waals surface area contributed by atoms with Crippen LogP contribution >= 0.6 is 0 Å². The molecule has 0 fully saturated rings. The largest absolute Gasteiger partial charge is 0.360 e. The highest BCUT2D eigenvalue weighted by molar-refractivity contribution is 7.92. The van der Waals surface area contributed by atoms with Gasteiger partial charge in [-0.1, -0.05) is 5.16 Å². The Hall–Kier alpha value is -2.75.